The van der Waals surface area contributed by atoms with Gasteiger partial charge in [0.2, 0.25) is 0 Å². The molecule has 0 saturated carbocycles. The highest BCUT2D eigenvalue weighted by atomic mass is 35.5. The number of rotatable bonds is 3. The summed E-state index contributed by atoms with van der Waals surface area (Å²) in [5.74, 6) is -0.687. The summed E-state index contributed by atoms with van der Waals surface area (Å²) >= 11 is 5.85. The number of carbonyl (C=O) groups is 1. The molecule has 0 saturated heterocycles. The Morgan fingerprint density at radius 3 is 2.75 bits per heavy atom. The number of anilines is 1. The summed E-state index contributed by atoms with van der Waals surface area (Å²) < 4.78 is 13.2. The number of benzene rings is 2. The predicted octanol–water partition coefficient (Wildman–Crippen LogP) is 3.55. The highest BCUT2D eigenvalue weighted by molar-refractivity contribution is 6.31. The molecule has 0 fully saturated rings. The average molecular weight is 293 g/mol. The summed E-state index contributed by atoms with van der Waals surface area (Å²) in [7, 11) is 0. The van der Waals surface area contributed by atoms with Gasteiger partial charge in [0.05, 0.1) is 11.6 Å². The Kier molecular flexibility index (Phi) is 4.25. The molecular weight excluding hydrogens is 279 g/mol. The molecule has 2 aromatic carbocycles. The molecule has 0 bridgehead atoms. The standard InChI is InChI=1S/C15H14ClFN2O/c1-9(10-3-2-4-12(17)7-10)19-15(20)13-8-11(16)5-6-14(13)18/h2-9H,18H2,1H3,(H,19,20). The first kappa shape index (κ1) is 14.3. The van der Waals surface area contributed by atoms with E-state index in [1.807, 2.05) is 0 Å². The summed E-state index contributed by atoms with van der Waals surface area (Å²) in [6, 6.07) is 10.4. The molecule has 5 heteroatoms. The third-order valence-corrected chi connectivity index (χ3v) is 3.19. The monoisotopic (exact) mass is 292 g/mol. The van der Waals surface area contributed by atoms with Crippen molar-refractivity contribution in [1.82, 2.24) is 5.32 Å². The summed E-state index contributed by atoms with van der Waals surface area (Å²) in [5, 5.41) is 3.20. The topological polar surface area (TPSA) is 55.1 Å². The van der Waals surface area contributed by atoms with E-state index in [0.717, 1.165) is 0 Å². The minimum atomic E-state index is -0.346. The maximum Gasteiger partial charge on any atom is 0.253 e. The van der Waals surface area contributed by atoms with Gasteiger partial charge in [0.15, 0.2) is 0 Å². The molecular formula is C15H14ClFN2O. The van der Waals surface area contributed by atoms with E-state index in [-0.39, 0.29) is 17.8 Å². The number of halogens is 2. The van der Waals surface area contributed by atoms with Crippen LogP contribution in [-0.4, -0.2) is 5.91 Å². The van der Waals surface area contributed by atoms with Crippen LogP contribution in [0.3, 0.4) is 0 Å². The van der Waals surface area contributed by atoms with Crippen molar-refractivity contribution in [2.24, 2.45) is 0 Å². The van der Waals surface area contributed by atoms with Gasteiger partial charge in [-0.3, -0.25) is 4.79 Å². The van der Waals surface area contributed by atoms with Gasteiger partial charge in [0.25, 0.3) is 5.91 Å². The molecule has 1 unspecified atom stereocenters. The molecule has 0 heterocycles. The van der Waals surface area contributed by atoms with E-state index < -0.39 is 0 Å². The third-order valence-electron chi connectivity index (χ3n) is 2.96. The van der Waals surface area contributed by atoms with Crippen molar-refractivity contribution < 1.29 is 9.18 Å². The number of hydrogen-bond acceptors (Lipinski definition) is 2. The molecule has 104 valence electrons. The largest absolute Gasteiger partial charge is 0.398 e. The van der Waals surface area contributed by atoms with Crippen molar-refractivity contribution in [3.05, 3.63) is 64.4 Å². The van der Waals surface area contributed by atoms with E-state index in [2.05, 4.69) is 5.32 Å². The van der Waals surface area contributed by atoms with E-state index in [9.17, 15) is 9.18 Å². The van der Waals surface area contributed by atoms with Crippen LogP contribution in [0.4, 0.5) is 10.1 Å². The number of hydrogen-bond donors (Lipinski definition) is 2. The van der Waals surface area contributed by atoms with Gasteiger partial charge < -0.3 is 11.1 Å². The highest BCUT2D eigenvalue weighted by Gasteiger charge is 2.14. The van der Waals surface area contributed by atoms with Crippen LogP contribution >= 0.6 is 11.6 Å². The summed E-state index contributed by atoms with van der Waals surface area (Å²) in [4.78, 5) is 12.1. The zero-order valence-electron chi connectivity index (χ0n) is 10.9. The van der Waals surface area contributed by atoms with Crippen molar-refractivity contribution in [3.8, 4) is 0 Å². The molecule has 0 aliphatic heterocycles. The van der Waals surface area contributed by atoms with E-state index in [4.69, 9.17) is 17.3 Å². The van der Waals surface area contributed by atoms with Gasteiger partial charge in [-0.15, -0.1) is 0 Å². The van der Waals surface area contributed by atoms with Gasteiger partial charge in [-0.25, -0.2) is 4.39 Å². The number of nitrogens with two attached hydrogens (primary N) is 1. The number of carbonyl (C=O) groups excluding carboxylic acids is 1. The molecule has 0 radical (unpaired) electrons. The maximum absolute atomic E-state index is 13.2. The molecule has 0 spiro atoms. The van der Waals surface area contributed by atoms with Crippen LogP contribution in [0.2, 0.25) is 5.02 Å². The first-order valence-corrected chi connectivity index (χ1v) is 6.46. The zero-order valence-corrected chi connectivity index (χ0v) is 11.6. The Morgan fingerprint density at radius 2 is 2.05 bits per heavy atom. The molecule has 2 aromatic rings. The van der Waals surface area contributed by atoms with E-state index in [1.165, 1.54) is 18.2 Å². The van der Waals surface area contributed by atoms with E-state index in [1.54, 1.807) is 31.2 Å². The Bertz CT molecular complexity index is 646. The molecule has 20 heavy (non-hydrogen) atoms. The Labute approximate surface area is 121 Å². The summed E-state index contributed by atoms with van der Waals surface area (Å²) in [6.45, 7) is 1.77. The van der Waals surface area contributed by atoms with Crippen LogP contribution in [0.25, 0.3) is 0 Å². The average Bonchev–Trinajstić information content (AvgIpc) is 2.41. The number of nitrogen functional groups attached to an aromatic ring is 1. The van der Waals surface area contributed by atoms with E-state index in [0.29, 0.717) is 21.8 Å². The lowest BCUT2D eigenvalue weighted by molar-refractivity contribution is 0.0940. The lowest BCUT2D eigenvalue weighted by Crippen LogP contribution is -2.27. The minimum Gasteiger partial charge on any atom is -0.398 e. The molecule has 1 atom stereocenters. The lowest BCUT2D eigenvalue weighted by Gasteiger charge is -2.15. The van der Waals surface area contributed by atoms with Gasteiger partial charge in [-0.1, -0.05) is 23.7 Å². The van der Waals surface area contributed by atoms with Crippen LogP contribution in [0.15, 0.2) is 42.5 Å². The lowest BCUT2D eigenvalue weighted by atomic mass is 10.1. The molecule has 0 aliphatic rings. The third kappa shape index (κ3) is 3.27. The highest BCUT2D eigenvalue weighted by Crippen LogP contribution is 2.20. The fourth-order valence-electron chi connectivity index (χ4n) is 1.86. The Hall–Kier alpha value is -2.07. The first-order valence-electron chi connectivity index (χ1n) is 6.08. The Balaban J connectivity index is 2.17. The van der Waals surface area contributed by atoms with Crippen molar-refractivity contribution in [2.75, 3.05) is 5.73 Å². The second-order valence-corrected chi connectivity index (χ2v) is 4.92. The SMILES string of the molecule is CC(NC(=O)c1cc(Cl)ccc1N)c1cccc(F)c1. The van der Waals surface area contributed by atoms with Crippen LogP contribution in [-0.2, 0) is 0 Å². The molecule has 3 nitrogen and oxygen atoms in total. The predicted molar refractivity (Wildman–Crippen MR) is 78.1 cm³/mol. The molecule has 2 rings (SSSR count). The molecule has 1 amide bonds. The van der Waals surface area contributed by atoms with Crippen molar-refractivity contribution in [2.45, 2.75) is 13.0 Å². The zero-order chi connectivity index (χ0) is 14.7. The van der Waals surface area contributed by atoms with Crippen molar-refractivity contribution in [3.63, 3.8) is 0 Å². The van der Waals surface area contributed by atoms with Gasteiger partial charge >= 0.3 is 0 Å². The summed E-state index contributed by atoms with van der Waals surface area (Å²) in [5.41, 5.74) is 7.08. The smallest absolute Gasteiger partial charge is 0.253 e. The Morgan fingerprint density at radius 1 is 1.30 bits per heavy atom. The summed E-state index contributed by atoms with van der Waals surface area (Å²) in [6.07, 6.45) is 0. The van der Waals surface area contributed by atoms with Gasteiger partial charge in [-0.2, -0.15) is 0 Å². The normalized spacial score (nSPS) is 11.9. The fraction of sp³-hybridized carbons (Fsp3) is 0.133. The second kappa shape index (κ2) is 5.92. The second-order valence-electron chi connectivity index (χ2n) is 4.48. The minimum absolute atomic E-state index is 0.306. The van der Waals surface area contributed by atoms with Gasteiger partial charge in [-0.05, 0) is 42.8 Å². The molecule has 0 aliphatic carbocycles. The van der Waals surface area contributed by atoms with E-state index >= 15 is 0 Å². The van der Waals surface area contributed by atoms with Crippen molar-refractivity contribution in [1.29, 1.82) is 0 Å². The van der Waals surface area contributed by atoms with Crippen LogP contribution in [0.1, 0.15) is 28.9 Å². The number of amides is 1. The van der Waals surface area contributed by atoms with Gasteiger partial charge in [0.1, 0.15) is 5.82 Å². The van der Waals surface area contributed by atoms with Crippen LogP contribution in [0.5, 0.6) is 0 Å². The van der Waals surface area contributed by atoms with Crippen LogP contribution < -0.4 is 11.1 Å². The first-order chi connectivity index (χ1) is 9.47. The molecule has 0 aromatic heterocycles. The maximum atomic E-state index is 13.2. The van der Waals surface area contributed by atoms with Crippen molar-refractivity contribution >= 4 is 23.2 Å². The van der Waals surface area contributed by atoms with Gasteiger partial charge in [0, 0.05) is 10.7 Å². The fourth-order valence-corrected chi connectivity index (χ4v) is 2.03. The quantitative estimate of drug-likeness (QED) is 0.850. The molecule has 3 N–H and O–H groups in total. The van der Waals surface area contributed by atoms with Crippen LogP contribution in [0, 0.1) is 5.82 Å². The number of nitrogens with one attached hydrogen (secondary N) is 1.